The van der Waals surface area contributed by atoms with Crippen LogP contribution in [0.4, 0.5) is 0 Å². The molecule has 4 heteroatoms. The molecule has 0 heterocycles. The van der Waals surface area contributed by atoms with Crippen LogP contribution in [0.15, 0.2) is 59.7 Å². The molecule has 27 heavy (non-hydrogen) atoms. The second-order valence-corrected chi connectivity index (χ2v) is 27.0. The molecule has 2 unspecified atom stereocenters. The third-order valence-corrected chi connectivity index (χ3v) is 20.8. The Hall–Kier alpha value is -0.400. The molecule has 0 aromatic heterocycles. The Kier molecular flexibility index (Phi) is 7.59. The smallest absolute Gasteiger partial charge is 0.147 e. The molecule has 0 N–H and O–H groups in total. The largest absolute Gasteiger partial charge is 0.147 e. The molecule has 2 aromatic rings. The van der Waals surface area contributed by atoms with E-state index in [0.717, 1.165) is 7.25 Å². The molecule has 0 saturated heterocycles. The second-order valence-electron chi connectivity index (χ2n) is 7.78. The fourth-order valence-electron chi connectivity index (χ4n) is 5.11. The van der Waals surface area contributed by atoms with E-state index in [4.69, 9.17) is 0 Å². The maximum atomic E-state index is 2.71. The van der Waals surface area contributed by atoms with Crippen LogP contribution in [0.5, 0.6) is 0 Å². The molecule has 4 rings (SSSR count). The normalized spacial score (nSPS) is 21.7. The zero-order valence-corrected chi connectivity index (χ0v) is 21.9. The van der Waals surface area contributed by atoms with Gasteiger partial charge in [0.1, 0.15) is 0 Å². The minimum atomic E-state index is -2.54. The van der Waals surface area contributed by atoms with E-state index in [2.05, 4.69) is 86.0 Å². The van der Waals surface area contributed by atoms with E-state index in [1.807, 2.05) is 0 Å². The van der Waals surface area contributed by atoms with Crippen LogP contribution in [0, 0.1) is 0 Å². The van der Waals surface area contributed by atoms with Crippen molar-refractivity contribution in [2.45, 2.75) is 38.6 Å². The third kappa shape index (κ3) is 3.76. The van der Waals surface area contributed by atoms with Crippen LogP contribution in [0.3, 0.4) is 0 Å². The van der Waals surface area contributed by atoms with E-state index in [1.54, 1.807) is 22.3 Å². The molecule has 0 radical (unpaired) electrons. The predicted octanol–water partition coefficient (Wildman–Crippen LogP) is 6.68. The minimum absolute atomic E-state index is 0. The standard InChI is InChI=1S/2C11H11.CH3.2ClH.H2Si.Zr/c2*1-2-9-7-10-5-3-4-6-11(10)8-9;;;;;/h2*3-8H,2H2,1H3;1H3;2*1H;1H2;. The molecule has 0 saturated carbocycles. The van der Waals surface area contributed by atoms with Crippen molar-refractivity contribution in [2.24, 2.45) is 0 Å². The first kappa shape index (κ1) is 22.9. The summed E-state index contributed by atoms with van der Waals surface area (Å²) in [5.74, 6) is 0. The van der Waals surface area contributed by atoms with Crippen molar-refractivity contribution in [3.63, 3.8) is 0 Å². The molecule has 2 aliphatic rings. The van der Waals surface area contributed by atoms with E-state index in [-0.39, 0.29) is 24.8 Å². The van der Waals surface area contributed by atoms with Gasteiger partial charge in [-0.3, -0.25) is 0 Å². The summed E-state index contributed by atoms with van der Waals surface area (Å²) in [5.41, 5.74) is 9.57. The molecular formula is C23H29Cl2SiZr. The Morgan fingerprint density at radius 3 is 1.48 bits per heavy atom. The van der Waals surface area contributed by atoms with Crippen molar-refractivity contribution in [2.75, 3.05) is 0 Å². The fourth-order valence-corrected chi connectivity index (χ4v) is 22.0. The van der Waals surface area contributed by atoms with Gasteiger partial charge < -0.3 is 0 Å². The van der Waals surface area contributed by atoms with E-state index in [1.165, 1.54) is 24.0 Å². The summed E-state index contributed by atoms with van der Waals surface area (Å²) in [6.45, 7) is 7.12. The third-order valence-electron chi connectivity index (χ3n) is 6.17. The van der Waals surface area contributed by atoms with Gasteiger partial charge in [0.2, 0.25) is 0 Å². The molecule has 0 spiro atoms. The summed E-state index contributed by atoms with van der Waals surface area (Å²) < 4.78 is 4.15. The molecule has 2 aromatic carbocycles. The first-order chi connectivity index (χ1) is 12.1. The molecule has 0 fully saturated rings. The summed E-state index contributed by atoms with van der Waals surface area (Å²) in [4.78, 5) is 0. The molecule has 2 aliphatic carbocycles. The van der Waals surface area contributed by atoms with E-state index in [0.29, 0.717) is 0 Å². The van der Waals surface area contributed by atoms with Gasteiger partial charge in [-0.05, 0) is 0 Å². The second kappa shape index (κ2) is 8.95. The van der Waals surface area contributed by atoms with Gasteiger partial charge >= 0.3 is 158 Å². The van der Waals surface area contributed by atoms with Crippen molar-refractivity contribution in [1.29, 1.82) is 0 Å². The SMILES string of the molecule is CCC1=Cc2ccccc2[CH]1[Zr]([CH3])(=[SiH2])[CH]1C(CC)=Cc2ccccc21.Cl.Cl. The summed E-state index contributed by atoms with van der Waals surface area (Å²) in [5, 5.41) is 0. The monoisotopic (exact) mass is 493 g/mol. The Bertz CT molecular complexity index is 871. The molecular weight excluding hydrogens is 466 g/mol. The predicted molar refractivity (Wildman–Crippen MR) is 124 cm³/mol. The Labute approximate surface area is 182 Å². The van der Waals surface area contributed by atoms with Crippen molar-refractivity contribution in [1.82, 2.24) is 0 Å². The van der Waals surface area contributed by atoms with Crippen molar-refractivity contribution < 1.29 is 18.9 Å². The number of halogens is 2. The number of fused-ring (bicyclic) bond motifs is 2. The number of benzene rings is 2. The first-order valence-electron chi connectivity index (χ1n) is 9.52. The van der Waals surface area contributed by atoms with Crippen molar-refractivity contribution in [3.8, 4) is 0 Å². The van der Waals surface area contributed by atoms with Crippen LogP contribution in [0.2, 0.25) is 4.63 Å². The average molecular weight is 496 g/mol. The molecule has 143 valence electrons. The zero-order chi connectivity index (χ0) is 17.6. The maximum absolute atomic E-state index is 2.71. The van der Waals surface area contributed by atoms with Gasteiger partial charge in [-0.15, -0.1) is 24.8 Å². The fraction of sp³-hybridized carbons (Fsp3) is 0.304. The van der Waals surface area contributed by atoms with Crippen LogP contribution in [0.25, 0.3) is 12.2 Å². The quantitative estimate of drug-likeness (QED) is 0.415. The first-order valence-corrected chi connectivity index (χ1v) is 20.7. The van der Waals surface area contributed by atoms with Crippen LogP contribution in [0.1, 0.15) is 56.2 Å². The molecule has 0 bridgehead atoms. The average Bonchev–Trinajstić information content (AvgIpc) is 3.20. The van der Waals surface area contributed by atoms with E-state index < -0.39 is 18.9 Å². The van der Waals surface area contributed by atoms with Gasteiger partial charge in [-0.2, -0.15) is 0 Å². The van der Waals surface area contributed by atoms with Crippen LogP contribution >= 0.6 is 24.8 Å². The molecule has 2 atom stereocenters. The Morgan fingerprint density at radius 1 is 0.741 bits per heavy atom. The summed E-state index contributed by atoms with van der Waals surface area (Å²) >= 11 is -2.54. The maximum Gasteiger partial charge on any atom is -0.147 e. The van der Waals surface area contributed by atoms with E-state index in [9.17, 15) is 0 Å². The number of rotatable bonds is 4. The van der Waals surface area contributed by atoms with Crippen molar-refractivity contribution >= 4 is 43.8 Å². The minimum Gasteiger partial charge on any atom is -0.147 e. The summed E-state index contributed by atoms with van der Waals surface area (Å²) in [7, 11) is 0. The Morgan fingerprint density at radius 2 is 1.11 bits per heavy atom. The topological polar surface area (TPSA) is 0 Å². The van der Waals surface area contributed by atoms with Crippen LogP contribution < -0.4 is 0 Å². The molecule has 0 nitrogen and oxygen atoms in total. The van der Waals surface area contributed by atoms with Crippen LogP contribution in [-0.4, -0.2) is 6.88 Å². The Balaban J connectivity index is 0.00000131. The van der Waals surface area contributed by atoms with Gasteiger partial charge in [-0.25, -0.2) is 0 Å². The van der Waals surface area contributed by atoms with Gasteiger partial charge in [0.05, 0.1) is 0 Å². The van der Waals surface area contributed by atoms with Gasteiger partial charge in [0, 0.05) is 0 Å². The molecule has 0 amide bonds. The van der Waals surface area contributed by atoms with Gasteiger partial charge in [-0.1, -0.05) is 0 Å². The van der Waals surface area contributed by atoms with E-state index >= 15 is 0 Å². The summed E-state index contributed by atoms with van der Waals surface area (Å²) in [6.07, 6.45) is 7.37. The van der Waals surface area contributed by atoms with Crippen molar-refractivity contribution in [3.05, 3.63) is 81.9 Å². The number of hydrogen-bond donors (Lipinski definition) is 0. The number of allylic oxidation sites excluding steroid dienone is 2. The molecule has 0 aliphatic heterocycles. The van der Waals surface area contributed by atoms with Crippen LogP contribution in [-0.2, 0) is 18.9 Å². The van der Waals surface area contributed by atoms with Gasteiger partial charge in [0.15, 0.2) is 0 Å². The zero-order valence-electron chi connectivity index (χ0n) is 16.4. The summed E-state index contributed by atoms with van der Waals surface area (Å²) in [6, 6.07) is 18.3. The van der Waals surface area contributed by atoms with Gasteiger partial charge in [0.25, 0.3) is 0 Å². The number of hydrogen-bond acceptors (Lipinski definition) is 0.